The van der Waals surface area contributed by atoms with Crippen LogP contribution in [0.3, 0.4) is 0 Å². The minimum Gasteiger partial charge on any atom is -0.507 e. The van der Waals surface area contributed by atoms with Crippen LogP contribution in [0.5, 0.6) is 5.75 Å². The molecule has 3 aromatic rings. The summed E-state index contributed by atoms with van der Waals surface area (Å²) in [4.78, 5) is 11.2. The zero-order valence-corrected chi connectivity index (χ0v) is 17.4. The number of fused-ring (bicyclic) bond motifs is 1. The van der Waals surface area contributed by atoms with E-state index >= 15 is 0 Å². The number of benzene rings is 3. The zero-order valence-electron chi connectivity index (χ0n) is 14.2. The summed E-state index contributed by atoms with van der Waals surface area (Å²) in [6, 6.07) is 9.66. The quantitative estimate of drug-likeness (QED) is 0.397. The maximum absolute atomic E-state index is 12.5. The van der Waals surface area contributed by atoms with E-state index in [-0.39, 0.29) is 22.0 Å². The summed E-state index contributed by atoms with van der Waals surface area (Å²) in [5, 5.41) is 12.5. The van der Waals surface area contributed by atoms with E-state index in [1.165, 1.54) is 12.1 Å². The Labute approximate surface area is 173 Å². The molecular weight excluding hydrogens is 490 g/mol. The van der Waals surface area contributed by atoms with Crippen LogP contribution in [0, 0.1) is 0 Å². The third kappa shape index (κ3) is 4.57. The van der Waals surface area contributed by atoms with Gasteiger partial charge in [0.05, 0.1) is 15.5 Å². The highest BCUT2D eigenvalue weighted by Crippen LogP contribution is 2.36. The second-order valence-electron chi connectivity index (χ2n) is 5.92. The van der Waals surface area contributed by atoms with Crippen molar-refractivity contribution in [2.24, 2.45) is 0 Å². The Bertz CT molecular complexity index is 1350. The molecule has 3 aromatic carbocycles. The second-order valence-corrected chi connectivity index (χ2v) is 9.68. The zero-order chi connectivity index (χ0) is 21.6. The van der Waals surface area contributed by atoms with Gasteiger partial charge in [-0.1, -0.05) is 15.9 Å². The summed E-state index contributed by atoms with van der Waals surface area (Å²) in [5.74, 6) is -1.28. The molecule has 0 aliphatic rings. The maximum Gasteiger partial charge on any atom is 0.294 e. The average Bonchev–Trinajstić information content (AvgIpc) is 2.60. The maximum atomic E-state index is 12.5. The molecule has 0 radical (unpaired) electrons. The highest BCUT2D eigenvalue weighted by Gasteiger charge is 2.20. The lowest BCUT2D eigenvalue weighted by atomic mass is 10.1. The van der Waals surface area contributed by atoms with Crippen LogP contribution in [0.1, 0.15) is 10.4 Å². The van der Waals surface area contributed by atoms with Gasteiger partial charge in [0.2, 0.25) is 0 Å². The number of amides is 1. The number of hydrogen-bond acceptors (Lipinski definition) is 6. The number of carbonyl (C=O) groups is 1. The molecule has 0 saturated carbocycles. The number of phenolic OH excluding ortho intramolecular Hbond substituents is 1. The molecule has 0 fully saturated rings. The monoisotopic (exact) mass is 501 g/mol. The smallest absolute Gasteiger partial charge is 0.294 e. The number of aromatic hydroxyl groups is 1. The topological polar surface area (TPSA) is 158 Å². The van der Waals surface area contributed by atoms with Crippen molar-refractivity contribution in [2.45, 2.75) is 9.79 Å². The van der Waals surface area contributed by atoms with Crippen LogP contribution in [0.25, 0.3) is 10.8 Å². The SMILES string of the molecule is O=C(Nc1cc(S(=O)(=O)O)cc2cc(S(=O)(=O)O)cc(O)c12)c1ccc(Br)cc1. The largest absolute Gasteiger partial charge is 0.507 e. The van der Waals surface area contributed by atoms with E-state index in [2.05, 4.69) is 21.2 Å². The lowest BCUT2D eigenvalue weighted by Gasteiger charge is -2.13. The molecule has 4 N–H and O–H groups in total. The van der Waals surface area contributed by atoms with Gasteiger partial charge >= 0.3 is 0 Å². The molecule has 9 nitrogen and oxygen atoms in total. The summed E-state index contributed by atoms with van der Waals surface area (Å²) < 4.78 is 65.3. The molecule has 152 valence electrons. The van der Waals surface area contributed by atoms with Crippen LogP contribution in [-0.2, 0) is 20.2 Å². The first-order chi connectivity index (χ1) is 13.4. The molecule has 0 saturated heterocycles. The predicted octanol–water partition coefficient (Wildman–Crippen LogP) is 3.05. The second kappa shape index (κ2) is 7.39. The summed E-state index contributed by atoms with van der Waals surface area (Å²) in [6.45, 7) is 0. The van der Waals surface area contributed by atoms with Gasteiger partial charge in [-0.05, 0) is 47.9 Å². The van der Waals surface area contributed by atoms with Crippen molar-refractivity contribution < 1.29 is 35.8 Å². The lowest BCUT2D eigenvalue weighted by Crippen LogP contribution is -2.13. The molecule has 0 unspecified atom stereocenters. The molecule has 0 aliphatic heterocycles. The number of halogens is 1. The van der Waals surface area contributed by atoms with Gasteiger partial charge in [0.1, 0.15) is 5.75 Å². The van der Waals surface area contributed by atoms with Gasteiger partial charge in [-0.25, -0.2) is 0 Å². The number of nitrogens with one attached hydrogen (secondary N) is 1. The van der Waals surface area contributed by atoms with E-state index in [4.69, 9.17) is 0 Å². The van der Waals surface area contributed by atoms with E-state index in [0.717, 1.165) is 28.7 Å². The molecule has 0 atom stereocenters. The third-order valence-corrected chi connectivity index (χ3v) is 6.12. The molecule has 12 heteroatoms. The fourth-order valence-electron chi connectivity index (χ4n) is 2.63. The van der Waals surface area contributed by atoms with Crippen LogP contribution in [-0.4, -0.2) is 37.0 Å². The van der Waals surface area contributed by atoms with Gasteiger partial charge < -0.3 is 10.4 Å². The Hall–Kier alpha value is -2.51. The minimum absolute atomic E-state index is 0.0877. The van der Waals surface area contributed by atoms with Crippen LogP contribution >= 0.6 is 15.9 Å². The van der Waals surface area contributed by atoms with Crippen LogP contribution < -0.4 is 5.32 Å². The Morgan fingerprint density at radius 1 is 0.862 bits per heavy atom. The highest BCUT2D eigenvalue weighted by molar-refractivity contribution is 9.10. The van der Waals surface area contributed by atoms with Gasteiger partial charge in [0.25, 0.3) is 26.1 Å². The molecule has 1 amide bonds. The van der Waals surface area contributed by atoms with E-state index in [1.807, 2.05) is 0 Å². The lowest BCUT2D eigenvalue weighted by molar-refractivity contribution is 0.102. The summed E-state index contributed by atoms with van der Waals surface area (Å²) in [7, 11) is -9.45. The molecule has 29 heavy (non-hydrogen) atoms. The van der Waals surface area contributed by atoms with Crippen molar-refractivity contribution >= 4 is 58.5 Å². The number of carbonyl (C=O) groups excluding carboxylic acids is 1. The third-order valence-electron chi connectivity index (χ3n) is 3.93. The summed E-state index contributed by atoms with van der Waals surface area (Å²) in [5.41, 5.74) is 0.0232. The Morgan fingerprint density at radius 3 is 1.90 bits per heavy atom. The molecule has 0 spiro atoms. The number of anilines is 1. The average molecular weight is 502 g/mol. The normalized spacial score (nSPS) is 12.1. The van der Waals surface area contributed by atoms with Crippen molar-refractivity contribution in [2.75, 3.05) is 5.32 Å². The van der Waals surface area contributed by atoms with Crippen molar-refractivity contribution in [3.63, 3.8) is 0 Å². The van der Waals surface area contributed by atoms with E-state index < -0.39 is 41.7 Å². The Balaban J connectivity index is 2.24. The Morgan fingerprint density at radius 2 is 1.38 bits per heavy atom. The van der Waals surface area contributed by atoms with Gasteiger partial charge in [-0.2, -0.15) is 16.8 Å². The van der Waals surface area contributed by atoms with Crippen LogP contribution in [0.2, 0.25) is 0 Å². The van der Waals surface area contributed by atoms with Crippen LogP contribution in [0.4, 0.5) is 5.69 Å². The molecular formula is C17H12BrNO8S2. The fourth-order valence-corrected chi connectivity index (χ4v) is 3.97. The molecule has 0 aliphatic carbocycles. The molecule has 0 bridgehead atoms. The van der Waals surface area contributed by atoms with Crippen molar-refractivity contribution in [3.05, 3.63) is 58.6 Å². The van der Waals surface area contributed by atoms with Gasteiger partial charge in [-0.15, -0.1) is 0 Å². The first kappa shape index (κ1) is 21.2. The van der Waals surface area contributed by atoms with Crippen molar-refractivity contribution in [1.82, 2.24) is 0 Å². The predicted molar refractivity (Wildman–Crippen MR) is 107 cm³/mol. The number of phenols is 1. The number of rotatable bonds is 4. The number of hydrogen-bond donors (Lipinski definition) is 4. The standard InChI is InChI=1S/C17H12BrNO8S2/c18-11-3-1-9(2-4-11)17(21)19-14-7-12(28(22,23)24)5-10-6-13(29(25,26)27)8-15(20)16(10)14/h1-8,20H,(H,19,21)(H,22,23,24)(H,25,26,27). The van der Waals surface area contributed by atoms with Gasteiger partial charge in [0, 0.05) is 21.5 Å². The summed E-state index contributed by atoms with van der Waals surface area (Å²) >= 11 is 3.23. The molecule has 0 aromatic heterocycles. The van der Waals surface area contributed by atoms with Gasteiger partial charge in [0.15, 0.2) is 0 Å². The summed E-state index contributed by atoms with van der Waals surface area (Å²) in [6.07, 6.45) is 0. The van der Waals surface area contributed by atoms with Gasteiger partial charge in [-0.3, -0.25) is 13.9 Å². The van der Waals surface area contributed by atoms with Crippen molar-refractivity contribution in [1.29, 1.82) is 0 Å². The first-order valence-electron chi connectivity index (χ1n) is 7.69. The van der Waals surface area contributed by atoms with Crippen molar-refractivity contribution in [3.8, 4) is 5.75 Å². The van der Waals surface area contributed by atoms with E-state index in [0.29, 0.717) is 0 Å². The van der Waals surface area contributed by atoms with Crippen LogP contribution in [0.15, 0.2) is 62.8 Å². The Kier molecular flexibility index (Phi) is 5.40. The van der Waals surface area contributed by atoms with E-state index in [1.54, 1.807) is 12.1 Å². The first-order valence-corrected chi connectivity index (χ1v) is 11.4. The van der Waals surface area contributed by atoms with E-state index in [9.17, 15) is 35.8 Å². The molecule has 3 rings (SSSR count). The molecule has 0 heterocycles. The highest BCUT2D eigenvalue weighted by atomic mass is 79.9. The fraction of sp³-hybridized carbons (Fsp3) is 0. The minimum atomic E-state index is -4.74.